The Labute approximate surface area is 144 Å². The summed E-state index contributed by atoms with van der Waals surface area (Å²) in [4.78, 5) is 14.1. The van der Waals surface area contributed by atoms with E-state index >= 15 is 0 Å². The molecule has 0 unspecified atom stereocenters. The minimum Gasteiger partial charge on any atom is -0.369 e. The van der Waals surface area contributed by atoms with Gasteiger partial charge in [-0.25, -0.2) is 9.97 Å². The van der Waals surface area contributed by atoms with Crippen molar-refractivity contribution in [2.24, 2.45) is 0 Å². The Morgan fingerprint density at radius 2 is 1.79 bits per heavy atom. The lowest BCUT2D eigenvalue weighted by molar-refractivity contribution is 0.425. The first-order valence-electron chi connectivity index (χ1n) is 8.80. The van der Waals surface area contributed by atoms with E-state index in [1.54, 1.807) is 0 Å². The van der Waals surface area contributed by atoms with Crippen LogP contribution in [-0.2, 0) is 0 Å². The molecule has 0 atom stereocenters. The number of aromatic nitrogens is 2. The molecule has 1 aliphatic heterocycles. The summed E-state index contributed by atoms with van der Waals surface area (Å²) < 4.78 is 0. The largest absolute Gasteiger partial charge is 0.369 e. The molecule has 1 aromatic heterocycles. The molecule has 1 saturated heterocycles. The van der Waals surface area contributed by atoms with Crippen molar-refractivity contribution < 1.29 is 0 Å². The second-order valence-electron chi connectivity index (χ2n) is 6.58. The molecule has 1 N–H and O–H groups in total. The molecule has 2 heterocycles. The van der Waals surface area contributed by atoms with E-state index in [9.17, 15) is 0 Å². The summed E-state index contributed by atoms with van der Waals surface area (Å²) in [5.41, 5.74) is 1.06. The van der Waals surface area contributed by atoms with E-state index in [1.165, 1.54) is 19.3 Å². The monoisotopic (exact) mass is 325 g/mol. The molecular weight excluding hydrogens is 298 g/mol. The van der Waals surface area contributed by atoms with Crippen LogP contribution < -0.4 is 10.2 Å². The molecule has 5 heteroatoms. The number of anilines is 2. The average Bonchev–Trinajstić information content (AvgIpc) is 2.63. The maximum absolute atomic E-state index is 4.83. The lowest BCUT2D eigenvalue weighted by atomic mass is 10.1. The van der Waals surface area contributed by atoms with Gasteiger partial charge in [0, 0.05) is 37.8 Å². The highest BCUT2D eigenvalue weighted by atomic mass is 15.2. The van der Waals surface area contributed by atoms with Gasteiger partial charge >= 0.3 is 0 Å². The van der Waals surface area contributed by atoms with Crippen molar-refractivity contribution in [3.63, 3.8) is 0 Å². The van der Waals surface area contributed by atoms with E-state index in [-0.39, 0.29) is 0 Å². The molecule has 24 heavy (non-hydrogen) atoms. The third-order valence-corrected chi connectivity index (χ3v) is 4.29. The fraction of sp³-hybridized carbons (Fsp3) is 0.474. The Morgan fingerprint density at radius 3 is 2.50 bits per heavy atom. The van der Waals surface area contributed by atoms with Gasteiger partial charge in [-0.05, 0) is 33.4 Å². The number of piperidine rings is 1. The van der Waals surface area contributed by atoms with Crippen molar-refractivity contribution >= 4 is 11.6 Å². The number of benzene rings is 1. The van der Waals surface area contributed by atoms with Crippen molar-refractivity contribution in [1.82, 2.24) is 14.9 Å². The van der Waals surface area contributed by atoms with E-state index in [2.05, 4.69) is 47.4 Å². The minimum atomic E-state index is 0.797. The molecule has 0 amide bonds. The fourth-order valence-electron chi connectivity index (χ4n) is 2.93. The molecule has 3 rings (SSSR count). The minimum absolute atomic E-state index is 0.797. The van der Waals surface area contributed by atoms with Gasteiger partial charge in [0.15, 0.2) is 5.82 Å². The zero-order valence-corrected chi connectivity index (χ0v) is 14.7. The quantitative estimate of drug-likeness (QED) is 0.884. The van der Waals surface area contributed by atoms with Gasteiger partial charge in [0.2, 0.25) is 0 Å². The van der Waals surface area contributed by atoms with Gasteiger partial charge in [-0.3, -0.25) is 0 Å². The predicted octanol–water partition coefficient (Wildman–Crippen LogP) is 3.11. The Balaban J connectivity index is 1.86. The molecule has 0 radical (unpaired) electrons. The van der Waals surface area contributed by atoms with E-state index < -0.39 is 0 Å². The number of rotatable bonds is 6. The molecule has 1 fully saturated rings. The lowest BCUT2D eigenvalue weighted by Gasteiger charge is -2.28. The fourth-order valence-corrected chi connectivity index (χ4v) is 2.93. The van der Waals surface area contributed by atoms with Crippen molar-refractivity contribution in [2.45, 2.75) is 19.3 Å². The van der Waals surface area contributed by atoms with Gasteiger partial charge in [-0.15, -0.1) is 0 Å². The second-order valence-corrected chi connectivity index (χ2v) is 6.58. The smallest absolute Gasteiger partial charge is 0.163 e. The first-order valence-corrected chi connectivity index (χ1v) is 8.80. The normalized spacial score (nSPS) is 14.9. The number of nitrogens with one attached hydrogen (secondary N) is 1. The number of nitrogens with zero attached hydrogens (tertiary/aromatic N) is 4. The first kappa shape index (κ1) is 16.7. The summed E-state index contributed by atoms with van der Waals surface area (Å²) in [5.74, 6) is 2.74. The predicted molar refractivity (Wildman–Crippen MR) is 101 cm³/mol. The maximum atomic E-state index is 4.83. The van der Waals surface area contributed by atoms with Crippen LogP contribution in [0.15, 0.2) is 36.4 Å². The summed E-state index contributed by atoms with van der Waals surface area (Å²) in [6.45, 7) is 4.02. The van der Waals surface area contributed by atoms with Gasteiger partial charge in [0.1, 0.15) is 11.6 Å². The molecule has 0 aliphatic carbocycles. The molecule has 1 aromatic carbocycles. The van der Waals surface area contributed by atoms with Crippen LogP contribution in [0.25, 0.3) is 11.4 Å². The van der Waals surface area contributed by atoms with E-state index in [1.807, 2.05) is 18.2 Å². The summed E-state index contributed by atoms with van der Waals surface area (Å²) in [5, 5.41) is 3.45. The van der Waals surface area contributed by atoms with Gasteiger partial charge in [-0.1, -0.05) is 30.3 Å². The van der Waals surface area contributed by atoms with Gasteiger partial charge < -0.3 is 15.1 Å². The Bertz CT molecular complexity index is 635. The Kier molecular flexibility index (Phi) is 5.64. The summed E-state index contributed by atoms with van der Waals surface area (Å²) in [6, 6.07) is 12.3. The third kappa shape index (κ3) is 4.45. The number of likely N-dealkylation sites (N-methyl/N-ethyl adjacent to an activating group) is 1. The van der Waals surface area contributed by atoms with Crippen LogP contribution in [-0.4, -0.2) is 55.1 Å². The van der Waals surface area contributed by atoms with E-state index in [4.69, 9.17) is 9.97 Å². The topological polar surface area (TPSA) is 44.3 Å². The van der Waals surface area contributed by atoms with Gasteiger partial charge in [-0.2, -0.15) is 0 Å². The van der Waals surface area contributed by atoms with Gasteiger partial charge in [0.05, 0.1) is 0 Å². The van der Waals surface area contributed by atoms with Crippen LogP contribution in [0.1, 0.15) is 19.3 Å². The molecule has 0 spiro atoms. The van der Waals surface area contributed by atoms with Crippen molar-refractivity contribution in [1.29, 1.82) is 0 Å². The average molecular weight is 325 g/mol. The second kappa shape index (κ2) is 8.11. The van der Waals surface area contributed by atoms with Crippen LogP contribution >= 0.6 is 0 Å². The molecular formula is C19H27N5. The molecule has 2 aromatic rings. The Hall–Kier alpha value is -2.14. The van der Waals surface area contributed by atoms with Crippen LogP contribution in [0.2, 0.25) is 0 Å². The first-order chi connectivity index (χ1) is 11.7. The molecule has 0 saturated carbocycles. The molecule has 0 bridgehead atoms. The summed E-state index contributed by atoms with van der Waals surface area (Å²) in [7, 11) is 4.16. The van der Waals surface area contributed by atoms with Crippen LogP contribution in [0.4, 0.5) is 11.6 Å². The van der Waals surface area contributed by atoms with Crippen molar-refractivity contribution in [3.8, 4) is 11.4 Å². The Morgan fingerprint density at radius 1 is 1.04 bits per heavy atom. The molecule has 5 nitrogen and oxygen atoms in total. The highest BCUT2D eigenvalue weighted by molar-refractivity contribution is 5.61. The van der Waals surface area contributed by atoms with Crippen LogP contribution in [0, 0.1) is 0 Å². The third-order valence-electron chi connectivity index (χ3n) is 4.29. The summed E-state index contributed by atoms with van der Waals surface area (Å²) in [6.07, 6.45) is 3.81. The SMILES string of the molecule is CN(C)CCNc1cc(N2CCCCC2)nc(-c2ccccc2)n1. The zero-order chi connectivity index (χ0) is 16.8. The van der Waals surface area contributed by atoms with Crippen molar-refractivity contribution in [3.05, 3.63) is 36.4 Å². The van der Waals surface area contributed by atoms with E-state index in [0.29, 0.717) is 0 Å². The highest BCUT2D eigenvalue weighted by Gasteiger charge is 2.15. The number of hydrogen-bond donors (Lipinski definition) is 1. The van der Waals surface area contributed by atoms with Gasteiger partial charge in [0.25, 0.3) is 0 Å². The lowest BCUT2D eigenvalue weighted by Crippen LogP contribution is -2.30. The molecule has 128 valence electrons. The highest BCUT2D eigenvalue weighted by Crippen LogP contribution is 2.24. The van der Waals surface area contributed by atoms with Crippen LogP contribution in [0.3, 0.4) is 0 Å². The zero-order valence-electron chi connectivity index (χ0n) is 14.7. The molecule has 1 aliphatic rings. The maximum Gasteiger partial charge on any atom is 0.163 e. The van der Waals surface area contributed by atoms with Crippen molar-refractivity contribution in [2.75, 3.05) is 50.5 Å². The number of hydrogen-bond acceptors (Lipinski definition) is 5. The van der Waals surface area contributed by atoms with Crippen LogP contribution in [0.5, 0.6) is 0 Å². The summed E-state index contributed by atoms with van der Waals surface area (Å²) >= 11 is 0. The van der Waals surface area contributed by atoms with E-state index in [0.717, 1.165) is 49.2 Å². The standard InChI is InChI=1S/C19H27N5/c1-23(2)14-11-20-17-15-18(24-12-7-4-8-13-24)22-19(21-17)16-9-5-3-6-10-16/h3,5-6,9-10,15H,4,7-8,11-14H2,1-2H3,(H,20,21,22).